The molecular formula is C11H19N3O. The maximum Gasteiger partial charge on any atom is 0.147 e. The van der Waals surface area contributed by atoms with Crippen LogP contribution >= 0.6 is 0 Å². The van der Waals surface area contributed by atoms with Crippen LogP contribution in [-0.4, -0.2) is 28.2 Å². The predicted octanol–water partition coefficient (Wildman–Crippen LogP) is 1.59. The van der Waals surface area contributed by atoms with Gasteiger partial charge >= 0.3 is 0 Å². The Kier molecular flexibility index (Phi) is 4.49. The summed E-state index contributed by atoms with van der Waals surface area (Å²) in [6.45, 7) is 4.26. The zero-order valence-corrected chi connectivity index (χ0v) is 9.64. The van der Waals surface area contributed by atoms with E-state index in [2.05, 4.69) is 28.7 Å². The minimum Gasteiger partial charge on any atom is -0.390 e. The normalized spacial score (nSPS) is 10.7. The lowest BCUT2D eigenvalue weighted by atomic mass is 10.1. The first-order valence-electron chi connectivity index (χ1n) is 5.37. The number of aromatic nitrogens is 2. The molecule has 0 bridgehead atoms. The molecule has 0 aliphatic carbocycles. The van der Waals surface area contributed by atoms with Crippen LogP contribution in [0.25, 0.3) is 0 Å². The number of hydrogen-bond donors (Lipinski definition) is 1. The average molecular weight is 209 g/mol. The summed E-state index contributed by atoms with van der Waals surface area (Å²) in [5, 5.41) is 8.98. The molecule has 1 aromatic heterocycles. The van der Waals surface area contributed by atoms with E-state index < -0.39 is 0 Å². The van der Waals surface area contributed by atoms with Gasteiger partial charge in [0.05, 0.1) is 24.7 Å². The van der Waals surface area contributed by atoms with E-state index in [9.17, 15) is 0 Å². The van der Waals surface area contributed by atoms with Crippen LogP contribution in [0.1, 0.15) is 32.4 Å². The smallest absolute Gasteiger partial charge is 0.147 e. The maximum absolute atomic E-state index is 8.98. The molecule has 0 aromatic carbocycles. The van der Waals surface area contributed by atoms with E-state index in [-0.39, 0.29) is 6.61 Å². The number of nitrogens with zero attached hydrogens (tertiary/aromatic N) is 3. The fraction of sp³-hybridized carbons (Fsp3) is 0.636. The van der Waals surface area contributed by atoms with Crippen molar-refractivity contribution in [1.82, 2.24) is 9.97 Å². The Morgan fingerprint density at radius 1 is 1.33 bits per heavy atom. The van der Waals surface area contributed by atoms with E-state index in [4.69, 9.17) is 5.11 Å². The first kappa shape index (κ1) is 11.9. The van der Waals surface area contributed by atoms with Crippen molar-refractivity contribution < 1.29 is 5.11 Å². The minimum absolute atomic E-state index is 0.0579. The fourth-order valence-corrected chi connectivity index (χ4v) is 1.66. The molecule has 0 saturated heterocycles. The summed E-state index contributed by atoms with van der Waals surface area (Å²) in [6.07, 6.45) is 5.48. The van der Waals surface area contributed by atoms with Crippen molar-refractivity contribution in [3.8, 4) is 0 Å². The Hall–Kier alpha value is -1.16. The molecule has 0 spiro atoms. The second-order valence-corrected chi connectivity index (χ2v) is 3.61. The van der Waals surface area contributed by atoms with Crippen molar-refractivity contribution in [2.75, 3.05) is 11.9 Å². The van der Waals surface area contributed by atoms with E-state index in [1.165, 1.54) is 0 Å². The summed E-state index contributed by atoms with van der Waals surface area (Å²) in [5.74, 6) is 0.829. The third-order valence-corrected chi connectivity index (χ3v) is 2.69. The van der Waals surface area contributed by atoms with Gasteiger partial charge in [-0.15, -0.1) is 0 Å². The van der Waals surface area contributed by atoms with Gasteiger partial charge < -0.3 is 10.0 Å². The van der Waals surface area contributed by atoms with Gasteiger partial charge in [-0.2, -0.15) is 0 Å². The van der Waals surface area contributed by atoms with Crippen LogP contribution in [0.5, 0.6) is 0 Å². The molecule has 1 aromatic rings. The van der Waals surface area contributed by atoms with Crippen LogP contribution in [0.4, 0.5) is 5.82 Å². The third kappa shape index (κ3) is 2.89. The molecule has 4 nitrogen and oxygen atoms in total. The molecule has 1 heterocycles. The van der Waals surface area contributed by atoms with Crippen LogP contribution < -0.4 is 4.90 Å². The van der Waals surface area contributed by atoms with Gasteiger partial charge in [0, 0.05) is 13.1 Å². The summed E-state index contributed by atoms with van der Waals surface area (Å²) in [4.78, 5) is 10.5. The molecule has 0 atom stereocenters. The first-order chi connectivity index (χ1) is 7.22. The quantitative estimate of drug-likeness (QED) is 0.800. The molecule has 0 fully saturated rings. The predicted molar refractivity (Wildman–Crippen MR) is 60.7 cm³/mol. The Balaban J connectivity index is 2.84. The van der Waals surface area contributed by atoms with Gasteiger partial charge in [-0.1, -0.05) is 13.8 Å². The van der Waals surface area contributed by atoms with Gasteiger partial charge in [-0.3, -0.25) is 4.98 Å². The lowest BCUT2D eigenvalue weighted by Gasteiger charge is -2.27. The van der Waals surface area contributed by atoms with Crippen molar-refractivity contribution in [3.63, 3.8) is 0 Å². The summed E-state index contributed by atoms with van der Waals surface area (Å²) in [6, 6.07) is 0.480. The summed E-state index contributed by atoms with van der Waals surface area (Å²) < 4.78 is 0. The molecule has 0 amide bonds. The SMILES string of the molecule is CCC(CC)N(C)c1cncc(CO)n1. The highest BCUT2D eigenvalue weighted by Gasteiger charge is 2.12. The lowest BCUT2D eigenvalue weighted by molar-refractivity contribution is 0.276. The summed E-state index contributed by atoms with van der Waals surface area (Å²) in [5.41, 5.74) is 0.616. The molecule has 15 heavy (non-hydrogen) atoms. The monoisotopic (exact) mass is 209 g/mol. The standard InChI is InChI=1S/C11H19N3O/c1-4-10(5-2)14(3)11-7-12-6-9(8-15)13-11/h6-7,10,15H,4-5,8H2,1-3H3. The number of aliphatic hydroxyl groups is 1. The van der Waals surface area contributed by atoms with Crippen molar-refractivity contribution in [1.29, 1.82) is 0 Å². The van der Waals surface area contributed by atoms with Crippen LogP contribution in [0.3, 0.4) is 0 Å². The fourth-order valence-electron chi connectivity index (χ4n) is 1.66. The zero-order chi connectivity index (χ0) is 11.3. The molecule has 0 unspecified atom stereocenters. The van der Waals surface area contributed by atoms with E-state index >= 15 is 0 Å². The maximum atomic E-state index is 8.98. The molecule has 1 rings (SSSR count). The highest BCUT2D eigenvalue weighted by molar-refractivity contribution is 5.36. The second-order valence-electron chi connectivity index (χ2n) is 3.61. The van der Waals surface area contributed by atoms with Gasteiger partial charge in [-0.05, 0) is 12.8 Å². The third-order valence-electron chi connectivity index (χ3n) is 2.69. The highest BCUT2D eigenvalue weighted by atomic mass is 16.3. The largest absolute Gasteiger partial charge is 0.390 e. The van der Waals surface area contributed by atoms with Crippen molar-refractivity contribution in [3.05, 3.63) is 18.1 Å². The summed E-state index contributed by atoms with van der Waals surface area (Å²) >= 11 is 0. The Morgan fingerprint density at radius 2 is 2.00 bits per heavy atom. The molecular weight excluding hydrogens is 190 g/mol. The number of rotatable bonds is 5. The molecule has 0 aliphatic rings. The van der Waals surface area contributed by atoms with Crippen LogP contribution in [-0.2, 0) is 6.61 Å². The number of anilines is 1. The average Bonchev–Trinajstić information content (AvgIpc) is 2.30. The lowest BCUT2D eigenvalue weighted by Crippen LogP contribution is -2.31. The van der Waals surface area contributed by atoms with E-state index in [0.29, 0.717) is 11.7 Å². The second kappa shape index (κ2) is 5.66. The molecule has 0 radical (unpaired) electrons. The molecule has 0 saturated carbocycles. The molecule has 0 aliphatic heterocycles. The van der Waals surface area contributed by atoms with Gasteiger partial charge in [0.2, 0.25) is 0 Å². The van der Waals surface area contributed by atoms with E-state index in [1.807, 2.05) is 7.05 Å². The Labute approximate surface area is 91.0 Å². The van der Waals surface area contributed by atoms with Crippen LogP contribution in [0.2, 0.25) is 0 Å². The molecule has 1 N–H and O–H groups in total. The van der Waals surface area contributed by atoms with Gasteiger partial charge in [0.15, 0.2) is 0 Å². The van der Waals surface area contributed by atoms with Gasteiger partial charge in [0.1, 0.15) is 5.82 Å². The van der Waals surface area contributed by atoms with E-state index in [0.717, 1.165) is 18.7 Å². The van der Waals surface area contributed by atoms with Gasteiger partial charge in [0.25, 0.3) is 0 Å². The molecule has 4 heteroatoms. The van der Waals surface area contributed by atoms with Crippen molar-refractivity contribution >= 4 is 5.82 Å². The minimum atomic E-state index is -0.0579. The topological polar surface area (TPSA) is 49.2 Å². The zero-order valence-electron chi connectivity index (χ0n) is 9.64. The molecule has 84 valence electrons. The van der Waals surface area contributed by atoms with Gasteiger partial charge in [-0.25, -0.2) is 4.98 Å². The first-order valence-corrected chi connectivity index (χ1v) is 5.37. The Morgan fingerprint density at radius 3 is 2.53 bits per heavy atom. The van der Waals surface area contributed by atoms with E-state index in [1.54, 1.807) is 12.4 Å². The summed E-state index contributed by atoms with van der Waals surface area (Å²) in [7, 11) is 2.02. The van der Waals surface area contributed by atoms with Crippen molar-refractivity contribution in [2.24, 2.45) is 0 Å². The number of aliphatic hydroxyl groups excluding tert-OH is 1. The van der Waals surface area contributed by atoms with Crippen LogP contribution in [0.15, 0.2) is 12.4 Å². The number of hydrogen-bond acceptors (Lipinski definition) is 4. The van der Waals surface area contributed by atoms with Crippen LogP contribution in [0, 0.1) is 0 Å². The Bertz CT molecular complexity index is 300. The highest BCUT2D eigenvalue weighted by Crippen LogP contribution is 2.15. The van der Waals surface area contributed by atoms with Crippen molar-refractivity contribution in [2.45, 2.75) is 39.3 Å².